The van der Waals surface area contributed by atoms with Crippen molar-refractivity contribution in [2.75, 3.05) is 0 Å². The van der Waals surface area contributed by atoms with Crippen molar-refractivity contribution in [1.29, 1.82) is 0 Å². The number of nitrogens with zero attached hydrogens (tertiary/aromatic N) is 2. The molecule has 1 N–H and O–H groups in total. The minimum atomic E-state index is -0.834. The van der Waals surface area contributed by atoms with E-state index in [0.717, 1.165) is 5.16 Å². The first-order chi connectivity index (χ1) is 8.09. The lowest BCUT2D eigenvalue weighted by molar-refractivity contribution is 0.191. The van der Waals surface area contributed by atoms with Gasteiger partial charge in [-0.2, -0.15) is 0 Å². The summed E-state index contributed by atoms with van der Waals surface area (Å²) in [6, 6.07) is 4.77. The van der Waals surface area contributed by atoms with Crippen molar-refractivity contribution < 1.29 is 9.50 Å². The zero-order chi connectivity index (χ0) is 12.4. The molecule has 1 atom stereocenters. The molecule has 1 heterocycles. The normalized spacial score (nSPS) is 12.7. The summed E-state index contributed by atoms with van der Waals surface area (Å²) in [6.45, 7) is 1.56. The molecular formula is C12H13FN2OS. The van der Waals surface area contributed by atoms with Crippen LogP contribution in [0.25, 0.3) is 0 Å². The summed E-state index contributed by atoms with van der Waals surface area (Å²) in [5, 5.41) is 10.4. The van der Waals surface area contributed by atoms with Crippen molar-refractivity contribution in [3.63, 3.8) is 0 Å². The van der Waals surface area contributed by atoms with E-state index in [4.69, 9.17) is 0 Å². The first kappa shape index (κ1) is 12.1. The number of aliphatic hydroxyl groups excluding tert-OH is 1. The molecule has 0 aliphatic heterocycles. The predicted octanol–water partition coefficient (Wildman–Crippen LogP) is 2.76. The van der Waals surface area contributed by atoms with Gasteiger partial charge < -0.3 is 9.67 Å². The van der Waals surface area contributed by atoms with Crippen LogP contribution in [-0.2, 0) is 7.05 Å². The van der Waals surface area contributed by atoms with Gasteiger partial charge in [0, 0.05) is 29.9 Å². The highest BCUT2D eigenvalue weighted by Gasteiger charge is 2.15. The molecule has 2 aromatic rings. The number of hydrogen-bond acceptors (Lipinski definition) is 3. The van der Waals surface area contributed by atoms with Gasteiger partial charge in [0.25, 0.3) is 0 Å². The Morgan fingerprint density at radius 1 is 1.47 bits per heavy atom. The van der Waals surface area contributed by atoms with Crippen molar-refractivity contribution >= 4 is 11.8 Å². The summed E-state index contributed by atoms with van der Waals surface area (Å²) in [5.41, 5.74) is 0.320. The summed E-state index contributed by atoms with van der Waals surface area (Å²) in [4.78, 5) is 4.85. The summed E-state index contributed by atoms with van der Waals surface area (Å²) >= 11 is 1.34. The zero-order valence-electron chi connectivity index (χ0n) is 9.59. The second kappa shape index (κ2) is 4.89. The quantitative estimate of drug-likeness (QED) is 0.912. The number of halogens is 1. The van der Waals surface area contributed by atoms with Gasteiger partial charge in [-0.3, -0.25) is 0 Å². The Kier molecular flexibility index (Phi) is 3.49. The average Bonchev–Trinajstić information content (AvgIpc) is 2.64. The van der Waals surface area contributed by atoms with Crippen LogP contribution in [0.4, 0.5) is 4.39 Å². The molecule has 0 bridgehead atoms. The Labute approximate surface area is 103 Å². The van der Waals surface area contributed by atoms with Gasteiger partial charge in [0.1, 0.15) is 5.82 Å². The molecular weight excluding hydrogens is 239 g/mol. The molecule has 2 rings (SSSR count). The van der Waals surface area contributed by atoms with Crippen LogP contribution in [0.15, 0.2) is 40.6 Å². The van der Waals surface area contributed by atoms with E-state index >= 15 is 0 Å². The van der Waals surface area contributed by atoms with Gasteiger partial charge in [0.15, 0.2) is 5.16 Å². The molecule has 0 aliphatic rings. The van der Waals surface area contributed by atoms with Crippen molar-refractivity contribution in [2.45, 2.75) is 23.1 Å². The Morgan fingerprint density at radius 2 is 2.24 bits per heavy atom. The summed E-state index contributed by atoms with van der Waals surface area (Å²) in [7, 11) is 1.87. The molecule has 0 unspecified atom stereocenters. The number of hydrogen-bond donors (Lipinski definition) is 1. The predicted molar refractivity (Wildman–Crippen MR) is 64.4 cm³/mol. The maximum atomic E-state index is 13.6. The third kappa shape index (κ3) is 2.50. The summed E-state index contributed by atoms with van der Waals surface area (Å²) in [6.07, 6.45) is 2.67. The smallest absolute Gasteiger partial charge is 0.172 e. The summed E-state index contributed by atoms with van der Waals surface area (Å²) in [5.74, 6) is -0.390. The number of benzene rings is 1. The maximum absolute atomic E-state index is 13.6. The molecule has 0 saturated heterocycles. The Balaban J connectivity index is 2.39. The van der Waals surface area contributed by atoms with E-state index in [1.807, 2.05) is 17.8 Å². The van der Waals surface area contributed by atoms with E-state index in [1.54, 1.807) is 25.3 Å². The van der Waals surface area contributed by atoms with Crippen molar-refractivity contribution in [3.8, 4) is 0 Å². The van der Waals surface area contributed by atoms with Gasteiger partial charge in [-0.25, -0.2) is 9.37 Å². The minimum absolute atomic E-state index is 0.320. The molecule has 0 fully saturated rings. The Morgan fingerprint density at radius 3 is 2.82 bits per heavy atom. The van der Waals surface area contributed by atoms with Crippen LogP contribution in [0.1, 0.15) is 18.6 Å². The van der Waals surface area contributed by atoms with Crippen LogP contribution in [0.2, 0.25) is 0 Å². The van der Waals surface area contributed by atoms with E-state index in [0.29, 0.717) is 10.5 Å². The van der Waals surface area contributed by atoms with E-state index < -0.39 is 6.10 Å². The molecule has 1 aromatic carbocycles. The lowest BCUT2D eigenvalue weighted by Gasteiger charge is -2.12. The van der Waals surface area contributed by atoms with Gasteiger partial charge in [0.05, 0.1) is 6.10 Å². The second-order valence-corrected chi connectivity index (χ2v) is 4.76. The molecule has 17 heavy (non-hydrogen) atoms. The highest BCUT2D eigenvalue weighted by atomic mass is 32.2. The fourth-order valence-electron chi connectivity index (χ4n) is 1.56. The molecule has 0 aliphatic carbocycles. The monoisotopic (exact) mass is 252 g/mol. The number of aryl methyl sites for hydroxylation is 1. The fourth-order valence-corrected chi connectivity index (χ4v) is 2.60. The number of imidazole rings is 1. The number of aliphatic hydroxyl groups is 1. The molecule has 1 aromatic heterocycles. The number of rotatable bonds is 3. The van der Waals surface area contributed by atoms with E-state index in [-0.39, 0.29) is 5.82 Å². The molecule has 0 spiro atoms. The first-order valence-corrected chi connectivity index (χ1v) is 6.03. The van der Waals surface area contributed by atoms with Crippen LogP contribution < -0.4 is 0 Å². The SMILES string of the molecule is C[C@H](O)c1c(F)cccc1Sc1nccn1C. The van der Waals surface area contributed by atoms with Crippen LogP contribution in [0.5, 0.6) is 0 Å². The third-order valence-corrected chi connectivity index (χ3v) is 3.56. The maximum Gasteiger partial charge on any atom is 0.172 e. The standard InChI is InChI=1S/C12H13FN2OS/c1-8(16)11-9(13)4-3-5-10(11)17-12-14-6-7-15(12)2/h3-8,16H,1-2H3/t8-/m0/s1. The van der Waals surface area contributed by atoms with Crippen LogP contribution in [0.3, 0.4) is 0 Å². The molecule has 0 saturated carbocycles. The van der Waals surface area contributed by atoms with Crippen LogP contribution >= 0.6 is 11.8 Å². The van der Waals surface area contributed by atoms with Crippen LogP contribution in [-0.4, -0.2) is 14.7 Å². The molecule has 0 amide bonds. The Bertz CT molecular complexity index is 525. The third-order valence-electron chi connectivity index (χ3n) is 2.41. The molecule has 90 valence electrons. The van der Waals surface area contributed by atoms with Gasteiger partial charge in [-0.15, -0.1) is 0 Å². The zero-order valence-corrected chi connectivity index (χ0v) is 10.4. The highest BCUT2D eigenvalue weighted by Crippen LogP contribution is 2.33. The van der Waals surface area contributed by atoms with E-state index in [9.17, 15) is 9.50 Å². The molecule has 3 nitrogen and oxygen atoms in total. The summed E-state index contributed by atoms with van der Waals surface area (Å²) < 4.78 is 15.5. The van der Waals surface area contributed by atoms with Crippen LogP contribution in [0, 0.1) is 5.82 Å². The molecule has 0 radical (unpaired) electrons. The Hall–Kier alpha value is -1.33. The first-order valence-electron chi connectivity index (χ1n) is 5.21. The van der Waals surface area contributed by atoms with E-state index in [2.05, 4.69) is 4.98 Å². The number of aromatic nitrogens is 2. The van der Waals surface area contributed by atoms with Crippen molar-refractivity contribution in [3.05, 3.63) is 42.0 Å². The topological polar surface area (TPSA) is 38.1 Å². The van der Waals surface area contributed by atoms with Gasteiger partial charge in [0.2, 0.25) is 0 Å². The van der Waals surface area contributed by atoms with Crippen molar-refractivity contribution in [2.24, 2.45) is 7.05 Å². The largest absolute Gasteiger partial charge is 0.389 e. The fraction of sp³-hybridized carbons (Fsp3) is 0.250. The minimum Gasteiger partial charge on any atom is -0.389 e. The van der Waals surface area contributed by atoms with Gasteiger partial charge in [-0.05, 0) is 19.1 Å². The van der Waals surface area contributed by atoms with Gasteiger partial charge in [-0.1, -0.05) is 17.8 Å². The highest BCUT2D eigenvalue weighted by molar-refractivity contribution is 7.99. The van der Waals surface area contributed by atoms with E-state index in [1.165, 1.54) is 17.8 Å². The van der Waals surface area contributed by atoms with Crippen molar-refractivity contribution in [1.82, 2.24) is 9.55 Å². The van der Waals surface area contributed by atoms with Gasteiger partial charge >= 0.3 is 0 Å². The lowest BCUT2D eigenvalue weighted by atomic mass is 10.1. The lowest BCUT2D eigenvalue weighted by Crippen LogP contribution is -1.99. The average molecular weight is 252 g/mol. The molecule has 5 heteroatoms. The second-order valence-electron chi connectivity index (χ2n) is 3.75.